The molecule has 0 radical (unpaired) electrons. The van der Waals surface area contributed by atoms with Crippen LogP contribution in [0.1, 0.15) is 5.56 Å². The number of aromatic nitrogens is 1. The van der Waals surface area contributed by atoms with Crippen molar-refractivity contribution in [3.8, 4) is 0 Å². The van der Waals surface area contributed by atoms with Gasteiger partial charge in [-0.05, 0) is 30.0 Å². The minimum Gasteiger partial charge on any atom is -0.244 e. The zero-order chi connectivity index (χ0) is 9.42. The van der Waals surface area contributed by atoms with Crippen LogP contribution in [0, 0.1) is 6.92 Å². The van der Waals surface area contributed by atoms with Crippen molar-refractivity contribution < 1.29 is 0 Å². The normalized spacial score (nSPS) is 10.7. The third-order valence-corrected chi connectivity index (χ3v) is 3.23. The predicted octanol–water partition coefficient (Wildman–Crippen LogP) is 3.96. The molecule has 13 heavy (non-hydrogen) atoms. The Bertz CT molecular complexity index is 468. The molecule has 0 amide bonds. The van der Waals surface area contributed by atoms with E-state index in [2.05, 4.69) is 20.9 Å². The van der Waals surface area contributed by atoms with Gasteiger partial charge in [0.2, 0.25) is 0 Å². The molecular formula is C10H7BrClN. The summed E-state index contributed by atoms with van der Waals surface area (Å²) in [7, 11) is 0. The molecule has 1 aromatic carbocycles. The van der Waals surface area contributed by atoms with Crippen LogP contribution in [0.25, 0.3) is 10.8 Å². The number of rotatable bonds is 0. The van der Waals surface area contributed by atoms with Gasteiger partial charge in [0.1, 0.15) is 5.15 Å². The monoisotopic (exact) mass is 255 g/mol. The lowest BCUT2D eigenvalue weighted by molar-refractivity contribution is 1.34. The summed E-state index contributed by atoms with van der Waals surface area (Å²) in [6.07, 6.45) is 1.72. The summed E-state index contributed by atoms with van der Waals surface area (Å²) in [5.41, 5.74) is 1.13. The summed E-state index contributed by atoms with van der Waals surface area (Å²) in [6, 6.07) is 6.01. The van der Waals surface area contributed by atoms with Gasteiger partial charge in [0, 0.05) is 16.1 Å². The maximum atomic E-state index is 6.00. The van der Waals surface area contributed by atoms with Crippen LogP contribution >= 0.6 is 27.5 Å². The number of nitrogens with zero attached hydrogens (tertiary/aromatic N) is 1. The maximum Gasteiger partial charge on any atom is 0.137 e. The topological polar surface area (TPSA) is 12.9 Å². The molecule has 2 rings (SSSR count). The molecule has 1 heterocycles. The van der Waals surface area contributed by atoms with Crippen molar-refractivity contribution in [2.75, 3.05) is 0 Å². The molecule has 66 valence electrons. The molecule has 3 heteroatoms. The summed E-state index contributed by atoms with van der Waals surface area (Å²) in [6.45, 7) is 2.03. The lowest BCUT2D eigenvalue weighted by Crippen LogP contribution is -1.84. The SMILES string of the molecule is Cc1c(Br)ccc2ccnc(Cl)c12. The number of pyridine rings is 1. The van der Waals surface area contributed by atoms with Gasteiger partial charge in [-0.1, -0.05) is 33.6 Å². The highest BCUT2D eigenvalue weighted by molar-refractivity contribution is 9.10. The van der Waals surface area contributed by atoms with Crippen molar-refractivity contribution in [1.82, 2.24) is 4.98 Å². The Hall–Kier alpha value is -0.600. The minimum atomic E-state index is 0.566. The fourth-order valence-corrected chi connectivity index (χ4v) is 2.01. The number of hydrogen-bond donors (Lipinski definition) is 0. The van der Waals surface area contributed by atoms with E-state index in [-0.39, 0.29) is 0 Å². The largest absolute Gasteiger partial charge is 0.244 e. The summed E-state index contributed by atoms with van der Waals surface area (Å²) in [4.78, 5) is 4.05. The summed E-state index contributed by atoms with van der Waals surface area (Å²) < 4.78 is 1.06. The van der Waals surface area contributed by atoms with E-state index in [0.717, 1.165) is 20.8 Å². The van der Waals surface area contributed by atoms with Crippen LogP contribution in [-0.2, 0) is 0 Å². The van der Waals surface area contributed by atoms with Crippen LogP contribution in [-0.4, -0.2) is 4.98 Å². The van der Waals surface area contributed by atoms with Crippen molar-refractivity contribution in [2.45, 2.75) is 6.92 Å². The summed E-state index contributed by atoms with van der Waals surface area (Å²) in [5.74, 6) is 0. The lowest BCUT2D eigenvalue weighted by atomic mass is 10.1. The Morgan fingerprint density at radius 2 is 2.08 bits per heavy atom. The lowest BCUT2D eigenvalue weighted by Gasteiger charge is -2.04. The maximum absolute atomic E-state index is 6.00. The highest BCUT2D eigenvalue weighted by Crippen LogP contribution is 2.29. The highest BCUT2D eigenvalue weighted by Gasteiger charge is 2.05. The smallest absolute Gasteiger partial charge is 0.137 e. The van der Waals surface area contributed by atoms with Crippen molar-refractivity contribution in [3.63, 3.8) is 0 Å². The average Bonchev–Trinajstić information content (AvgIpc) is 2.12. The van der Waals surface area contributed by atoms with Crippen molar-refractivity contribution in [1.29, 1.82) is 0 Å². The molecule has 0 fully saturated rings. The second kappa shape index (κ2) is 3.28. The molecule has 0 aliphatic rings. The van der Waals surface area contributed by atoms with Gasteiger partial charge in [0.25, 0.3) is 0 Å². The van der Waals surface area contributed by atoms with Gasteiger partial charge in [-0.15, -0.1) is 0 Å². The van der Waals surface area contributed by atoms with Gasteiger partial charge in [0.05, 0.1) is 0 Å². The van der Waals surface area contributed by atoms with Crippen LogP contribution < -0.4 is 0 Å². The fraction of sp³-hybridized carbons (Fsp3) is 0.100. The zero-order valence-corrected chi connectivity index (χ0v) is 9.35. The van der Waals surface area contributed by atoms with Gasteiger partial charge in [-0.3, -0.25) is 0 Å². The van der Waals surface area contributed by atoms with E-state index < -0.39 is 0 Å². The van der Waals surface area contributed by atoms with Crippen LogP contribution in [0.2, 0.25) is 5.15 Å². The number of hydrogen-bond acceptors (Lipinski definition) is 1. The van der Waals surface area contributed by atoms with Gasteiger partial charge in [-0.2, -0.15) is 0 Å². The molecule has 1 aromatic heterocycles. The van der Waals surface area contributed by atoms with E-state index in [0.29, 0.717) is 5.15 Å². The minimum absolute atomic E-state index is 0.566. The van der Waals surface area contributed by atoms with E-state index in [4.69, 9.17) is 11.6 Å². The fourth-order valence-electron chi connectivity index (χ4n) is 1.37. The van der Waals surface area contributed by atoms with Gasteiger partial charge < -0.3 is 0 Å². The first-order chi connectivity index (χ1) is 6.20. The molecule has 0 aliphatic heterocycles. The number of benzene rings is 1. The highest BCUT2D eigenvalue weighted by atomic mass is 79.9. The van der Waals surface area contributed by atoms with Crippen LogP contribution in [0.4, 0.5) is 0 Å². The number of fused-ring (bicyclic) bond motifs is 1. The Labute approximate surface area is 89.9 Å². The Balaban J connectivity index is 2.97. The van der Waals surface area contributed by atoms with Crippen molar-refractivity contribution in [3.05, 3.63) is 39.6 Å². The Morgan fingerprint density at radius 3 is 2.85 bits per heavy atom. The van der Waals surface area contributed by atoms with Gasteiger partial charge in [-0.25, -0.2) is 4.98 Å². The first-order valence-corrected chi connectivity index (χ1v) is 5.06. The number of aryl methyl sites for hydroxylation is 1. The first-order valence-electron chi connectivity index (χ1n) is 3.89. The standard InChI is InChI=1S/C10H7BrClN/c1-6-8(11)3-2-7-4-5-13-10(12)9(6)7/h2-5H,1H3. The molecule has 0 atom stereocenters. The molecular weight excluding hydrogens is 249 g/mol. The average molecular weight is 257 g/mol. The third-order valence-electron chi connectivity index (χ3n) is 2.08. The van der Waals surface area contributed by atoms with Gasteiger partial charge in [0.15, 0.2) is 0 Å². The second-order valence-corrected chi connectivity index (χ2v) is 4.08. The predicted molar refractivity (Wildman–Crippen MR) is 59.2 cm³/mol. The molecule has 0 bridgehead atoms. The van der Waals surface area contributed by atoms with Crippen LogP contribution in [0.5, 0.6) is 0 Å². The van der Waals surface area contributed by atoms with Crippen molar-refractivity contribution in [2.24, 2.45) is 0 Å². The number of halogens is 2. The van der Waals surface area contributed by atoms with Crippen LogP contribution in [0.3, 0.4) is 0 Å². The Morgan fingerprint density at radius 1 is 1.31 bits per heavy atom. The molecule has 1 nitrogen and oxygen atoms in total. The third kappa shape index (κ3) is 1.45. The molecule has 0 saturated carbocycles. The molecule has 0 saturated heterocycles. The molecule has 0 aliphatic carbocycles. The summed E-state index contributed by atoms with van der Waals surface area (Å²) in [5, 5.41) is 2.72. The van der Waals surface area contributed by atoms with Crippen molar-refractivity contribution >= 4 is 38.3 Å². The van der Waals surface area contributed by atoms with E-state index in [1.165, 1.54) is 0 Å². The van der Waals surface area contributed by atoms with Crippen LogP contribution in [0.15, 0.2) is 28.9 Å². The van der Waals surface area contributed by atoms with Gasteiger partial charge >= 0.3 is 0 Å². The molecule has 0 unspecified atom stereocenters. The second-order valence-electron chi connectivity index (χ2n) is 2.87. The molecule has 0 N–H and O–H groups in total. The van der Waals surface area contributed by atoms with E-state index in [9.17, 15) is 0 Å². The van der Waals surface area contributed by atoms with E-state index in [1.807, 2.05) is 25.1 Å². The van der Waals surface area contributed by atoms with E-state index >= 15 is 0 Å². The molecule has 2 aromatic rings. The Kier molecular flexibility index (Phi) is 2.26. The van der Waals surface area contributed by atoms with E-state index in [1.54, 1.807) is 6.20 Å². The quantitative estimate of drug-likeness (QED) is 0.650. The summed E-state index contributed by atoms with van der Waals surface area (Å²) >= 11 is 9.47. The molecule has 0 spiro atoms. The first kappa shape index (κ1) is 8.97. The zero-order valence-electron chi connectivity index (χ0n) is 7.01.